The minimum absolute atomic E-state index is 0.315. The molecule has 0 saturated heterocycles. The van der Waals surface area contributed by atoms with Gasteiger partial charge in [0, 0.05) is 16.7 Å². The van der Waals surface area contributed by atoms with Gasteiger partial charge in [-0.1, -0.05) is 6.07 Å². The van der Waals surface area contributed by atoms with Crippen LogP contribution >= 0.6 is 36.9 Å². The summed E-state index contributed by atoms with van der Waals surface area (Å²) in [6, 6.07) is 11.5. The zero-order valence-electron chi connectivity index (χ0n) is 14.3. The molecule has 0 saturated carbocycles. The summed E-state index contributed by atoms with van der Waals surface area (Å²) in [5.74, 6) is -0.878. The van der Waals surface area contributed by atoms with Crippen molar-refractivity contribution >= 4 is 42.2 Å². The van der Waals surface area contributed by atoms with Crippen molar-refractivity contribution in [2.45, 2.75) is 24.0 Å². The van der Waals surface area contributed by atoms with Gasteiger partial charge in [0.25, 0.3) is 0 Å². The van der Waals surface area contributed by atoms with Gasteiger partial charge in [0.1, 0.15) is 16.2 Å². The smallest absolute Gasteiger partial charge is 0.128 e. The Morgan fingerprint density at radius 1 is 1.00 bits per heavy atom. The van der Waals surface area contributed by atoms with E-state index in [4.69, 9.17) is 0 Å². The number of thioether (sulfide) groups is 1. The molecule has 1 nitrogen and oxygen atoms in total. The standard InChI is InChI=1S/C20H17BrF2NPS/c1-11-8-19(21)24-10-16(11)20(15-9-13(22)3-5-17(15)23)26-14-4-6-18(25)12(2)7-14/h3-10,20H,25H2,1-2H3. The van der Waals surface area contributed by atoms with Gasteiger partial charge in [-0.3, -0.25) is 0 Å². The SMILES string of the molecule is Cc1cc(SC(c2cnc(Br)cc2C)c2cc(F)ccc2F)ccc1P. The first-order valence-electron chi connectivity index (χ1n) is 7.95. The van der Waals surface area contributed by atoms with Crippen molar-refractivity contribution in [3.8, 4) is 0 Å². The fourth-order valence-corrected chi connectivity index (χ4v) is 4.64. The zero-order valence-corrected chi connectivity index (χ0v) is 17.8. The van der Waals surface area contributed by atoms with E-state index in [1.54, 1.807) is 6.20 Å². The molecule has 2 aromatic carbocycles. The lowest BCUT2D eigenvalue weighted by Gasteiger charge is -2.21. The third-order valence-corrected chi connectivity index (χ3v) is 6.49. The predicted octanol–water partition coefficient (Wildman–Crippen LogP) is 6.12. The lowest BCUT2D eigenvalue weighted by atomic mass is 10.0. The van der Waals surface area contributed by atoms with E-state index in [-0.39, 0.29) is 0 Å². The van der Waals surface area contributed by atoms with Gasteiger partial charge in [-0.15, -0.1) is 21.0 Å². The van der Waals surface area contributed by atoms with Crippen LogP contribution in [0.5, 0.6) is 0 Å². The average Bonchev–Trinajstić information content (AvgIpc) is 2.59. The molecule has 0 aliphatic heterocycles. The van der Waals surface area contributed by atoms with Crippen LogP contribution in [0.4, 0.5) is 8.78 Å². The summed E-state index contributed by atoms with van der Waals surface area (Å²) in [4.78, 5) is 5.29. The van der Waals surface area contributed by atoms with E-state index < -0.39 is 16.9 Å². The Morgan fingerprint density at radius 3 is 2.46 bits per heavy atom. The summed E-state index contributed by atoms with van der Waals surface area (Å²) in [5.41, 5.74) is 3.27. The monoisotopic (exact) mass is 451 g/mol. The van der Waals surface area contributed by atoms with Gasteiger partial charge in [0.15, 0.2) is 0 Å². The van der Waals surface area contributed by atoms with E-state index in [0.29, 0.717) is 10.2 Å². The number of hydrogen-bond acceptors (Lipinski definition) is 2. The van der Waals surface area contributed by atoms with Crippen LogP contribution in [0.15, 0.2) is 58.2 Å². The number of benzene rings is 2. The second-order valence-electron chi connectivity index (χ2n) is 6.05. The summed E-state index contributed by atoms with van der Waals surface area (Å²) in [6.45, 7) is 3.97. The van der Waals surface area contributed by atoms with E-state index in [9.17, 15) is 8.78 Å². The number of hydrogen-bond donors (Lipinski definition) is 0. The summed E-state index contributed by atoms with van der Waals surface area (Å²) < 4.78 is 29.1. The second kappa shape index (κ2) is 8.16. The van der Waals surface area contributed by atoms with E-state index in [0.717, 1.165) is 33.0 Å². The second-order valence-corrected chi connectivity index (χ2v) is 8.66. The lowest BCUT2D eigenvalue weighted by Crippen LogP contribution is -2.05. The summed E-state index contributed by atoms with van der Waals surface area (Å²) in [6.07, 6.45) is 1.72. The molecule has 6 heteroatoms. The van der Waals surface area contributed by atoms with Crippen LogP contribution in [0, 0.1) is 25.5 Å². The molecule has 134 valence electrons. The minimum Gasteiger partial charge on any atom is -0.249 e. The average molecular weight is 452 g/mol. The van der Waals surface area contributed by atoms with Gasteiger partial charge in [-0.25, -0.2) is 13.8 Å². The Labute approximate surface area is 167 Å². The largest absolute Gasteiger partial charge is 0.249 e. The number of aromatic nitrogens is 1. The molecule has 26 heavy (non-hydrogen) atoms. The topological polar surface area (TPSA) is 12.9 Å². The van der Waals surface area contributed by atoms with Crippen LogP contribution in [0.25, 0.3) is 0 Å². The first-order valence-corrected chi connectivity index (χ1v) is 10.2. The summed E-state index contributed by atoms with van der Waals surface area (Å²) >= 11 is 4.85. The molecule has 0 fully saturated rings. The fraction of sp³-hybridized carbons (Fsp3) is 0.150. The first-order chi connectivity index (χ1) is 12.3. The van der Waals surface area contributed by atoms with Gasteiger partial charge < -0.3 is 0 Å². The highest BCUT2D eigenvalue weighted by molar-refractivity contribution is 9.10. The minimum atomic E-state index is -0.453. The molecule has 0 amide bonds. The number of pyridine rings is 1. The van der Waals surface area contributed by atoms with E-state index >= 15 is 0 Å². The highest BCUT2D eigenvalue weighted by Gasteiger charge is 2.22. The third kappa shape index (κ3) is 4.33. The molecule has 2 unspecified atom stereocenters. The van der Waals surface area contributed by atoms with Crippen molar-refractivity contribution in [3.63, 3.8) is 0 Å². The normalized spacial score (nSPS) is 12.2. The van der Waals surface area contributed by atoms with Crippen LogP contribution in [-0.4, -0.2) is 4.98 Å². The Balaban J connectivity index is 2.12. The van der Waals surface area contributed by atoms with E-state index in [1.165, 1.54) is 23.9 Å². The maximum atomic E-state index is 14.5. The Morgan fingerprint density at radius 2 is 1.77 bits per heavy atom. The van der Waals surface area contributed by atoms with Crippen molar-refractivity contribution in [2.24, 2.45) is 0 Å². The van der Waals surface area contributed by atoms with Crippen LogP contribution in [0.2, 0.25) is 0 Å². The van der Waals surface area contributed by atoms with E-state index in [2.05, 4.69) is 36.2 Å². The Kier molecular flexibility index (Phi) is 6.11. The number of halogens is 3. The molecular formula is C20H17BrF2NPS. The van der Waals surface area contributed by atoms with Gasteiger partial charge >= 0.3 is 0 Å². The molecule has 0 spiro atoms. The van der Waals surface area contributed by atoms with Gasteiger partial charge in [0.05, 0.1) is 5.25 Å². The Hall–Kier alpha value is -1.29. The zero-order chi connectivity index (χ0) is 18.8. The van der Waals surface area contributed by atoms with Crippen molar-refractivity contribution in [2.75, 3.05) is 0 Å². The van der Waals surface area contributed by atoms with Gasteiger partial charge in [0.2, 0.25) is 0 Å². The van der Waals surface area contributed by atoms with Crippen molar-refractivity contribution in [1.82, 2.24) is 4.98 Å². The predicted molar refractivity (Wildman–Crippen MR) is 111 cm³/mol. The van der Waals surface area contributed by atoms with E-state index in [1.807, 2.05) is 32.0 Å². The first kappa shape index (κ1) is 19.5. The summed E-state index contributed by atoms with van der Waals surface area (Å²) in [7, 11) is 2.69. The fourth-order valence-electron chi connectivity index (χ4n) is 2.67. The van der Waals surface area contributed by atoms with Gasteiger partial charge in [-0.2, -0.15) is 0 Å². The van der Waals surface area contributed by atoms with Crippen LogP contribution in [0.3, 0.4) is 0 Å². The third-order valence-electron chi connectivity index (χ3n) is 4.14. The molecule has 1 aromatic heterocycles. The summed E-state index contributed by atoms with van der Waals surface area (Å²) in [5, 5.41) is 0.713. The molecule has 1 heterocycles. The maximum Gasteiger partial charge on any atom is 0.128 e. The molecule has 0 aliphatic rings. The molecule has 3 rings (SSSR count). The van der Waals surface area contributed by atoms with Crippen LogP contribution in [0.1, 0.15) is 27.5 Å². The van der Waals surface area contributed by atoms with Crippen molar-refractivity contribution in [3.05, 3.63) is 87.2 Å². The van der Waals surface area contributed by atoms with Gasteiger partial charge in [-0.05, 0) is 88.2 Å². The number of aryl methyl sites for hydroxylation is 2. The number of rotatable bonds is 4. The molecule has 0 radical (unpaired) electrons. The highest BCUT2D eigenvalue weighted by atomic mass is 79.9. The molecule has 2 atom stereocenters. The Bertz CT molecular complexity index is 965. The molecule has 0 bridgehead atoms. The lowest BCUT2D eigenvalue weighted by molar-refractivity contribution is 0.587. The molecule has 3 aromatic rings. The number of nitrogens with zero attached hydrogens (tertiary/aromatic N) is 1. The quantitative estimate of drug-likeness (QED) is 0.269. The maximum absolute atomic E-state index is 14.5. The van der Waals surface area contributed by atoms with Crippen molar-refractivity contribution in [1.29, 1.82) is 0 Å². The highest BCUT2D eigenvalue weighted by Crippen LogP contribution is 2.43. The van der Waals surface area contributed by atoms with Crippen LogP contribution in [-0.2, 0) is 0 Å². The molecule has 0 aliphatic carbocycles. The molecular weight excluding hydrogens is 435 g/mol. The van der Waals surface area contributed by atoms with Crippen LogP contribution < -0.4 is 5.30 Å². The molecule has 0 N–H and O–H groups in total. The van der Waals surface area contributed by atoms with Crippen molar-refractivity contribution < 1.29 is 8.78 Å².